The molecule has 0 aliphatic heterocycles. The Bertz CT molecular complexity index is 974. The Morgan fingerprint density at radius 3 is 1.41 bits per heavy atom. The zero-order chi connectivity index (χ0) is 27.5. The van der Waals surface area contributed by atoms with E-state index in [9.17, 15) is 40.7 Å². The van der Waals surface area contributed by atoms with Gasteiger partial charge in [0.25, 0.3) is 11.4 Å². The number of aliphatic hydroxyl groups is 6. The molecule has 0 aliphatic carbocycles. The number of benzene rings is 2. The van der Waals surface area contributed by atoms with E-state index in [0.29, 0.717) is 0 Å². The van der Waals surface area contributed by atoms with Crippen molar-refractivity contribution in [1.82, 2.24) is 0 Å². The molecule has 0 spiro atoms. The van der Waals surface area contributed by atoms with Crippen LogP contribution in [0.4, 0.5) is 22.7 Å². The van der Waals surface area contributed by atoms with Gasteiger partial charge in [-0.25, -0.2) is 0 Å². The molecule has 0 saturated carbocycles. The van der Waals surface area contributed by atoms with E-state index in [1.54, 1.807) is 0 Å². The van der Waals surface area contributed by atoms with Gasteiger partial charge in [-0.3, -0.25) is 20.2 Å². The van der Waals surface area contributed by atoms with E-state index in [-0.39, 0.29) is 48.8 Å². The highest BCUT2D eigenvalue weighted by molar-refractivity contribution is 5.64. The Morgan fingerprint density at radius 2 is 1.11 bits per heavy atom. The van der Waals surface area contributed by atoms with Crippen LogP contribution in [0.5, 0.6) is 0 Å². The zero-order valence-corrected chi connectivity index (χ0v) is 19.6. The Labute approximate surface area is 210 Å². The van der Waals surface area contributed by atoms with Gasteiger partial charge in [0.1, 0.15) is 35.8 Å². The lowest BCUT2D eigenvalue weighted by Gasteiger charge is -2.30. The average molecular weight is 526 g/mol. The highest BCUT2D eigenvalue weighted by Crippen LogP contribution is 2.37. The van der Waals surface area contributed by atoms with Crippen LogP contribution in [0.25, 0.3) is 0 Å². The molecule has 2 rings (SSSR count). The van der Waals surface area contributed by atoms with Crippen LogP contribution in [-0.2, 0) is 4.74 Å². The van der Waals surface area contributed by atoms with Crippen LogP contribution in [0.15, 0.2) is 36.4 Å². The average Bonchev–Trinajstić information content (AvgIpc) is 2.90. The van der Waals surface area contributed by atoms with Gasteiger partial charge in [-0.2, -0.15) is 0 Å². The van der Waals surface area contributed by atoms with E-state index in [4.69, 9.17) is 14.9 Å². The molecule has 8 N–H and O–H groups in total. The molecule has 0 heterocycles. The number of nitro benzene ring substituents is 2. The summed E-state index contributed by atoms with van der Waals surface area (Å²) in [4.78, 5) is 21.8. The minimum Gasteiger partial charge on any atom is -0.395 e. The molecule has 37 heavy (non-hydrogen) atoms. The summed E-state index contributed by atoms with van der Waals surface area (Å²) in [5.41, 5.74) is -0.609. The quantitative estimate of drug-likeness (QED) is 0.105. The molecule has 2 aromatic rings. The Balaban J connectivity index is 2.53. The number of nitro groups is 2. The molecule has 204 valence electrons. The highest BCUT2D eigenvalue weighted by Gasteiger charge is 2.32. The predicted octanol–water partition coefficient (Wildman–Crippen LogP) is -0.183. The van der Waals surface area contributed by atoms with Crippen molar-refractivity contribution in [3.8, 4) is 0 Å². The molecule has 2 aromatic carbocycles. The third kappa shape index (κ3) is 7.77. The molecule has 0 saturated heterocycles. The first-order chi connectivity index (χ1) is 17.7. The molecule has 4 atom stereocenters. The molecule has 0 radical (unpaired) electrons. The summed E-state index contributed by atoms with van der Waals surface area (Å²) in [5.74, 6) is 0. The van der Waals surface area contributed by atoms with Crippen LogP contribution in [0, 0.1) is 20.2 Å². The van der Waals surface area contributed by atoms with Gasteiger partial charge in [0.15, 0.2) is 0 Å². The molecular formula is C22H30N4O11. The minimum atomic E-state index is -1.63. The monoisotopic (exact) mass is 526 g/mol. The van der Waals surface area contributed by atoms with Crippen molar-refractivity contribution in [2.24, 2.45) is 0 Å². The topological polar surface area (TPSA) is 241 Å². The Morgan fingerprint density at radius 1 is 0.730 bits per heavy atom. The Kier molecular flexibility index (Phi) is 11.5. The summed E-state index contributed by atoms with van der Waals surface area (Å²) in [6.07, 6.45) is -6.20. The van der Waals surface area contributed by atoms with E-state index in [2.05, 4.69) is 10.6 Å². The van der Waals surface area contributed by atoms with Crippen LogP contribution in [-0.4, -0.2) is 92.2 Å². The molecule has 0 aliphatic rings. The van der Waals surface area contributed by atoms with Crippen molar-refractivity contribution >= 4 is 22.7 Å². The lowest BCUT2D eigenvalue weighted by atomic mass is 9.99. The van der Waals surface area contributed by atoms with Gasteiger partial charge in [0.05, 0.1) is 36.3 Å². The maximum Gasteiger partial charge on any atom is 0.292 e. The van der Waals surface area contributed by atoms with E-state index in [1.165, 1.54) is 24.3 Å². The maximum atomic E-state index is 11.6. The van der Waals surface area contributed by atoms with E-state index in [0.717, 1.165) is 12.1 Å². The van der Waals surface area contributed by atoms with Crippen molar-refractivity contribution < 1.29 is 45.2 Å². The van der Waals surface area contributed by atoms with Gasteiger partial charge in [-0.05, 0) is 23.3 Å². The van der Waals surface area contributed by atoms with Gasteiger partial charge >= 0.3 is 0 Å². The molecule has 4 unspecified atom stereocenters. The number of aliphatic hydroxyl groups excluding tert-OH is 6. The third-order valence-corrected chi connectivity index (χ3v) is 5.31. The molecular weight excluding hydrogens is 496 g/mol. The van der Waals surface area contributed by atoms with Crippen molar-refractivity contribution in [2.45, 2.75) is 24.4 Å². The summed E-state index contributed by atoms with van der Waals surface area (Å²) >= 11 is 0. The second-order valence-corrected chi connectivity index (χ2v) is 7.85. The lowest BCUT2D eigenvalue weighted by Crippen LogP contribution is -2.32. The summed E-state index contributed by atoms with van der Waals surface area (Å²) < 4.78 is 5.85. The zero-order valence-electron chi connectivity index (χ0n) is 19.6. The second-order valence-electron chi connectivity index (χ2n) is 7.85. The lowest BCUT2D eigenvalue weighted by molar-refractivity contribution is -0.384. The smallest absolute Gasteiger partial charge is 0.292 e. The van der Waals surface area contributed by atoms with E-state index < -0.39 is 58.9 Å². The number of nitrogens with zero attached hydrogens (tertiary/aromatic N) is 2. The van der Waals surface area contributed by atoms with Crippen LogP contribution in [0.3, 0.4) is 0 Å². The molecule has 0 amide bonds. The highest BCUT2D eigenvalue weighted by atomic mass is 16.6. The number of nitrogens with one attached hydrogen (secondary N) is 2. The molecule has 0 aromatic heterocycles. The minimum absolute atomic E-state index is 0.0338. The van der Waals surface area contributed by atoms with Gasteiger partial charge in [-0.1, -0.05) is 12.1 Å². The van der Waals surface area contributed by atoms with Crippen molar-refractivity contribution in [2.75, 3.05) is 50.2 Å². The number of hydrogen-bond acceptors (Lipinski definition) is 13. The van der Waals surface area contributed by atoms with Crippen LogP contribution < -0.4 is 10.6 Å². The van der Waals surface area contributed by atoms with Crippen LogP contribution in [0.1, 0.15) is 23.3 Å². The first kappa shape index (κ1) is 29.8. The van der Waals surface area contributed by atoms with E-state index in [1.807, 2.05) is 0 Å². The van der Waals surface area contributed by atoms with Gasteiger partial charge in [-0.15, -0.1) is 0 Å². The van der Waals surface area contributed by atoms with Crippen molar-refractivity contribution in [1.29, 1.82) is 0 Å². The molecule has 15 nitrogen and oxygen atoms in total. The summed E-state index contributed by atoms with van der Waals surface area (Å²) in [6, 6.07) is 7.51. The number of rotatable bonds is 16. The number of hydrogen-bond donors (Lipinski definition) is 8. The normalized spacial score (nSPS) is 14.4. The fraction of sp³-hybridized carbons (Fsp3) is 0.455. The first-order valence-corrected chi connectivity index (χ1v) is 11.2. The molecule has 15 heteroatoms. The fourth-order valence-corrected chi connectivity index (χ4v) is 3.57. The largest absolute Gasteiger partial charge is 0.395 e. The summed E-state index contributed by atoms with van der Waals surface area (Å²) in [5, 5.41) is 86.7. The van der Waals surface area contributed by atoms with Crippen molar-refractivity contribution in [3.05, 3.63) is 67.8 Å². The summed E-state index contributed by atoms with van der Waals surface area (Å²) in [6.45, 7) is -2.17. The SMILES string of the molecule is O=[N+]([O-])c1cc(C(OC(c2ccc(NCCO)c([N+](=O)[O-])c2)C(O)CO)C(O)CO)ccc1NCCO. The first-order valence-electron chi connectivity index (χ1n) is 11.2. The maximum absolute atomic E-state index is 11.6. The molecule has 0 bridgehead atoms. The number of ether oxygens (including phenoxy) is 1. The number of anilines is 2. The van der Waals surface area contributed by atoms with E-state index >= 15 is 0 Å². The van der Waals surface area contributed by atoms with Gasteiger partial charge in [0, 0.05) is 25.2 Å². The van der Waals surface area contributed by atoms with Crippen LogP contribution >= 0.6 is 0 Å². The van der Waals surface area contributed by atoms with Gasteiger partial charge < -0.3 is 46.0 Å². The molecule has 0 fully saturated rings. The summed E-state index contributed by atoms with van der Waals surface area (Å²) in [7, 11) is 0. The Hall–Kier alpha value is -3.44. The van der Waals surface area contributed by atoms with Gasteiger partial charge in [0.2, 0.25) is 0 Å². The predicted molar refractivity (Wildman–Crippen MR) is 130 cm³/mol. The van der Waals surface area contributed by atoms with Crippen LogP contribution in [0.2, 0.25) is 0 Å². The van der Waals surface area contributed by atoms with Crippen molar-refractivity contribution in [3.63, 3.8) is 0 Å². The second kappa shape index (κ2) is 14.3. The fourth-order valence-electron chi connectivity index (χ4n) is 3.57. The standard InChI is InChI=1S/C22H30N4O11/c27-7-5-23-15-3-1-13(9-17(15)25(33)34)21(19(31)11-29)37-22(20(32)12-30)14-2-4-16(24-6-8-28)18(10-14)26(35)36/h1-4,9-10,19-24,27-32H,5-8,11-12H2. The third-order valence-electron chi connectivity index (χ3n) is 5.31.